The minimum Gasteiger partial charge on any atom is -0.368 e. The highest BCUT2D eigenvalue weighted by atomic mass is 35.5. The lowest BCUT2D eigenvalue weighted by Gasteiger charge is -2.25. The number of nitrogens with two attached hydrogens (primary N) is 1. The van der Waals surface area contributed by atoms with Crippen LogP contribution in [0.3, 0.4) is 0 Å². The predicted molar refractivity (Wildman–Crippen MR) is 77.6 cm³/mol. The summed E-state index contributed by atoms with van der Waals surface area (Å²) in [6, 6.07) is 2.69. The van der Waals surface area contributed by atoms with E-state index in [1.54, 1.807) is 18.4 Å². The van der Waals surface area contributed by atoms with Crippen LogP contribution in [0.5, 0.6) is 0 Å². The molecule has 2 N–H and O–H groups in total. The zero-order valence-electron chi connectivity index (χ0n) is 11.1. The molecule has 0 saturated heterocycles. The molecule has 0 atom stereocenters. The van der Waals surface area contributed by atoms with E-state index in [4.69, 9.17) is 28.9 Å². The lowest BCUT2D eigenvalue weighted by atomic mass is 10.0. The van der Waals surface area contributed by atoms with Crippen LogP contribution in [0, 0.1) is 5.82 Å². The molecule has 2 rings (SSSR count). The Kier molecular flexibility index (Phi) is 3.93. The normalized spacial score (nSPS) is 12.1. The molecule has 0 fully saturated rings. The van der Waals surface area contributed by atoms with E-state index in [1.807, 2.05) is 0 Å². The van der Waals surface area contributed by atoms with Crippen molar-refractivity contribution in [3.8, 4) is 0 Å². The molecule has 0 aliphatic heterocycles. The number of fused-ring (bicyclic) bond motifs is 1. The topological polar surface area (TPSA) is 60.9 Å². The lowest BCUT2D eigenvalue weighted by Crippen LogP contribution is -2.42. The highest BCUT2D eigenvalue weighted by Gasteiger charge is 2.31. The summed E-state index contributed by atoms with van der Waals surface area (Å²) in [5.74, 6) is -0.180. The summed E-state index contributed by atoms with van der Waals surface area (Å²) in [6.07, 6.45) is 0.437. The smallest absolute Gasteiger partial charge is 0.243 e. The molecule has 0 aliphatic carbocycles. The summed E-state index contributed by atoms with van der Waals surface area (Å²) in [7, 11) is 0. The Labute approximate surface area is 125 Å². The highest BCUT2D eigenvalue weighted by molar-refractivity contribution is 6.31. The van der Waals surface area contributed by atoms with E-state index in [0.29, 0.717) is 29.2 Å². The molecule has 108 valence electrons. The average molecular weight is 318 g/mol. The van der Waals surface area contributed by atoms with E-state index >= 15 is 0 Å². The molecule has 1 heterocycles. The number of aryl methyl sites for hydroxylation is 1. The fourth-order valence-corrected chi connectivity index (χ4v) is 2.44. The van der Waals surface area contributed by atoms with Gasteiger partial charge in [-0.15, -0.1) is 11.6 Å². The molecule has 1 aromatic heterocycles. The number of amides is 1. The summed E-state index contributed by atoms with van der Waals surface area (Å²) in [6.45, 7) is 3.34. The van der Waals surface area contributed by atoms with Gasteiger partial charge in [0.25, 0.3) is 0 Å². The van der Waals surface area contributed by atoms with Crippen molar-refractivity contribution < 1.29 is 9.18 Å². The predicted octanol–water partition coefficient (Wildman–Crippen LogP) is 2.83. The third-order valence-corrected chi connectivity index (χ3v) is 3.72. The monoisotopic (exact) mass is 317 g/mol. The van der Waals surface area contributed by atoms with Crippen molar-refractivity contribution in [2.24, 2.45) is 5.73 Å². The average Bonchev–Trinajstić information content (AvgIpc) is 2.68. The fraction of sp³-hybridized carbons (Fsp3) is 0.385. The van der Waals surface area contributed by atoms with Gasteiger partial charge >= 0.3 is 0 Å². The molecule has 2 aromatic rings. The zero-order valence-corrected chi connectivity index (χ0v) is 12.6. The summed E-state index contributed by atoms with van der Waals surface area (Å²) in [4.78, 5) is 16.0. The minimum absolute atomic E-state index is 0.0312. The Bertz CT molecular complexity index is 682. The van der Waals surface area contributed by atoms with Crippen LogP contribution in [0.2, 0.25) is 5.02 Å². The number of halogens is 3. The highest BCUT2D eigenvalue weighted by Crippen LogP contribution is 2.29. The second-order valence-corrected chi connectivity index (χ2v) is 5.77. The Balaban J connectivity index is 2.81. The van der Waals surface area contributed by atoms with Crippen LogP contribution in [0.25, 0.3) is 11.0 Å². The zero-order chi connectivity index (χ0) is 15.1. The van der Waals surface area contributed by atoms with Gasteiger partial charge in [-0.1, -0.05) is 11.6 Å². The molecule has 1 aromatic carbocycles. The van der Waals surface area contributed by atoms with Gasteiger partial charge in [-0.05, 0) is 19.9 Å². The second-order valence-electron chi connectivity index (χ2n) is 4.98. The molecule has 7 heteroatoms. The van der Waals surface area contributed by atoms with Crippen molar-refractivity contribution >= 4 is 40.1 Å². The maximum absolute atomic E-state index is 13.5. The van der Waals surface area contributed by atoms with Crippen LogP contribution in [0.15, 0.2) is 12.1 Å². The van der Waals surface area contributed by atoms with Crippen molar-refractivity contribution in [1.82, 2.24) is 9.55 Å². The molecule has 0 unspecified atom stereocenters. The Morgan fingerprint density at radius 3 is 2.70 bits per heavy atom. The number of hydrogen-bond acceptors (Lipinski definition) is 2. The SMILES string of the molecule is CC(C)(C(N)=O)n1c(CCCl)nc2cc(F)c(Cl)cc21. The quantitative estimate of drug-likeness (QED) is 0.881. The van der Waals surface area contributed by atoms with E-state index in [2.05, 4.69) is 4.98 Å². The van der Waals surface area contributed by atoms with E-state index in [1.165, 1.54) is 12.1 Å². The third-order valence-electron chi connectivity index (χ3n) is 3.25. The van der Waals surface area contributed by atoms with Crippen molar-refractivity contribution in [1.29, 1.82) is 0 Å². The van der Waals surface area contributed by atoms with Crippen molar-refractivity contribution in [2.45, 2.75) is 25.8 Å². The summed E-state index contributed by atoms with van der Waals surface area (Å²) in [5, 5.41) is -0.0312. The van der Waals surface area contributed by atoms with Gasteiger partial charge in [0.2, 0.25) is 5.91 Å². The number of alkyl halides is 1. The molecular weight excluding hydrogens is 304 g/mol. The first-order chi connectivity index (χ1) is 9.28. The Morgan fingerprint density at radius 2 is 2.15 bits per heavy atom. The van der Waals surface area contributed by atoms with Gasteiger partial charge in [0.1, 0.15) is 17.2 Å². The third kappa shape index (κ3) is 2.36. The Morgan fingerprint density at radius 1 is 1.50 bits per heavy atom. The fourth-order valence-electron chi connectivity index (χ4n) is 2.11. The molecule has 0 radical (unpaired) electrons. The minimum atomic E-state index is -1.02. The van der Waals surface area contributed by atoms with Gasteiger partial charge in [-0.3, -0.25) is 4.79 Å². The molecule has 4 nitrogen and oxygen atoms in total. The van der Waals surface area contributed by atoms with Crippen LogP contribution < -0.4 is 5.73 Å². The van der Waals surface area contributed by atoms with E-state index in [9.17, 15) is 9.18 Å². The summed E-state index contributed by atoms with van der Waals surface area (Å²) < 4.78 is 15.2. The van der Waals surface area contributed by atoms with Crippen LogP contribution in [0.4, 0.5) is 4.39 Å². The molecule has 0 spiro atoms. The molecule has 0 bridgehead atoms. The molecule has 1 amide bonds. The lowest BCUT2D eigenvalue weighted by molar-refractivity contribution is -0.125. The summed E-state index contributed by atoms with van der Waals surface area (Å²) in [5.41, 5.74) is 5.42. The van der Waals surface area contributed by atoms with E-state index in [0.717, 1.165) is 0 Å². The van der Waals surface area contributed by atoms with Gasteiger partial charge in [0.05, 0.1) is 16.1 Å². The number of hydrogen-bond donors (Lipinski definition) is 1. The number of imidazole rings is 1. The molecule has 0 aliphatic rings. The number of aromatic nitrogens is 2. The standard InChI is InChI=1S/C13H14Cl2FN3O/c1-13(2,12(17)20)19-10-5-7(15)8(16)6-9(10)18-11(19)3-4-14/h5-6H,3-4H2,1-2H3,(H2,17,20). The van der Waals surface area contributed by atoms with Crippen LogP contribution >= 0.6 is 23.2 Å². The van der Waals surface area contributed by atoms with Gasteiger partial charge in [0.15, 0.2) is 0 Å². The second kappa shape index (κ2) is 5.22. The molecule has 0 saturated carbocycles. The van der Waals surface area contributed by atoms with Gasteiger partial charge in [0, 0.05) is 18.4 Å². The van der Waals surface area contributed by atoms with Gasteiger partial charge in [-0.2, -0.15) is 0 Å². The van der Waals surface area contributed by atoms with E-state index in [-0.39, 0.29) is 5.02 Å². The van der Waals surface area contributed by atoms with Crippen LogP contribution in [0.1, 0.15) is 19.7 Å². The van der Waals surface area contributed by atoms with Gasteiger partial charge in [-0.25, -0.2) is 9.37 Å². The van der Waals surface area contributed by atoms with E-state index < -0.39 is 17.3 Å². The first-order valence-corrected chi connectivity index (χ1v) is 6.93. The number of primary amides is 1. The summed E-state index contributed by atoms with van der Waals surface area (Å²) >= 11 is 11.6. The van der Waals surface area contributed by atoms with Crippen molar-refractivity contribution in [3.63, 3.8) is 0 Å². The number of nitrogens with zero attached hydrogens (tertiary/aromatic N) is 2. The van der Waals surface area contributed by atoms with Crippen LogP contribution in [-0.4, -0.2) is 21.3 Å². The van der Waals surface area contributed by atoms with Gasteiger partial charge < -0.3 is 10.3 Å². The number of benzene rings is 1. The largest absolute Gasteiger partial charge is 0.368 e. The first-order valence-electron chi connectivity index (χ1n) is 6.01. The molecule has 20 heavy (non-hydrogen) atoms. The molecular formula is C13H14Cl2FN3O. The van der Waals surface area contributed by atoms with Crippen molar-refractivity contribution in [3.05, 3.63) is 28.8 Å². The maximum atomic E-state index is 13.5. The first kappa shape index (κ1) is 15.1. The number of carbonyl (C=O) groups is 1. The number of rotatable bonds is 4. The van der Waals surface area contributed by atoms with Crippen molar-refractivity contribution in [2.75, 3.05) is 5.88 Å². The maximum Gasteiger partial charge on any atom is 0.243 e. The number of carbonyl (C=O) groups excluding carboxylic acids is 1. The van der Waals surface area contributed by atoms with Crippen LogP contribution in [-0.2, 0) is 16.8 Å². The Hall–Kier alpha value is -1.33.